The van der Waals surface area contributed by atoms with Crippen LogP contribution in [0.15, 0.2) is 24.3 Å². The fourth-order valence-corrected chi connectivity index (χ4v) is 1.55. The van der Waals surface area contributed by atoms with Crippen molar-refractivity contribution in [1.82, 2.24) is 10.2 Å². The van der Waals surface area contributed by atoms with Crippen LogP contribution in [0, 0.1) is 11.3 Å². The van der Waals surface area contributed by atoms with Gasteiger partial charge in [0, 0.05) is 13.6 Å². The van der Waals surface area contributed by atoms with Gasteiger partial charge in [0.05, 0.1) is 18.2 Å². The standard InChI is InChI=1S/C14H19N3O/c1-3-8-16-10-14(18)17(2)11-13-6-4-12(9-15)5-7-13/h4-7,16H,3,8,10-11H2,1-2H3. The molecule has 18 heavy (non-hydrogen) atoms. The van der Waals surface area contributed by atoms with Crippen molar-refractivity contribution in [2.24, 2.45) is 0 Å². The molecule has 0 unspecified atom stereocenters. The first kappa shape index (κ1) is 14.2. The van der Waals surface area contributed by atoms with E-state index in [-0.39, 0.29) is 5.91 Å². The zero-order valence-corrected chi connectivity index (χ0v) is 10.9. The Kier molecular flexibility index (Phi) is 5.89. The van der Waals surface area contributed by atoms with Crippen LogP contribution in [0.4, 0.5) is 0 Å². The second-order valence-corrected chi connectivity index (χ2v) is 4.24. The molecule has 0 aromatic heterocycles. The molecule has 1 aromatic rings. The summed E-state index contributed by atoms with van der Waals surface area (Å²) in [4.78, 5) is 13.4. The normalized spacial score (nSPS) is 9.83. The Morgan fingerprint density at radius 1 is 1.39 bits per heavy atom. The number of carbonyl (C=O) groups excluding carboxylic acids is 1. The molecule has 1 amide bonds. The first-order valence-corrected chi connectivity index (χ1v) is 6.11. The van der Waals surface area contributed by atoms with E-state index >= 15 is 0 Å². The van der Waals surface area contributed by atoms with Gasteiger partial charge in [-0.25, -0.2) is 0 Å². The topological polar surface area (TPSA) is 56.1 Å². The molecule has 0 bridgehead atoms. The van der Waals surface area contributed by atoms with E-state index in [1.54, 1.807) is 24.1 Å². The monoisotopic (exact) mass is 245 g/mol. The molecule has 0 saturated carbocycles. The fraction of sp³-hybridized carbons (Fsp3) is 0.429. The predicted octanol–water partition coefficient (Wildman–Crippen LogP) is 1.52. The van der Waals surface area contributed by atoms with E-state index in [9.17, 15) is 4.79 Å². The van der Waals surface area contributed by atoms with Crippen LogP contribution in [0.5, 0.6) is 0 Å². The van der Waals surface area contributed by atoms with Crippen LogP contribution in [-0.2, 0) is 11.3 Å². The summed E-state index contributed by atoms with van der Waals surface area (Å²) in [6, 6.07) is 9.36. The summed E-state index contributed by atoms with van der Waals surface area (Å²) in [6.07, 6.45) is 1.02. The summed E-state index contributed by atoms with van der Waals surface area (Å²) in [6.45, 7) is 3.87. The van der Waals surface area contributed by atoms with Gasteiger partial charge in [0.1, 0.15) is 0 Å². The molecule has 0 aliphatic heterocycles. The minimum atomic E-state index is 0.0767. The number of carbonyl (C=O) groups is 1. The summed E-state index contributed by atoms with van der Waals surface area (Å²) >= 11 is 0. The molecule has 0 fully saturated rings. The maximum atomic E-state index is 11.8. The molecular weight excluding hydrogens is 226 g/mol. The molecule has 0 heterocycles. The number of rotatable bonds is 6. The van der Waals surface area contributed by atoms with Gasteiger partial charge in [-0.1, -0.05) is 19.1 Å². The van der Waals surface area contributed by atoms with Crippen LogP contribution in [0.25, 0.3) is 0 Å². The number of amides is 1. The smallest absolute Gasteiger partial charge is 0.236 e. The van der Waals surface area contributed by atoms with Gasteiger partial charge in [0.25, 0.3) is 0 Å². The van der Waals surface area contributed by atoms with Gasteiger partial charge in [0.15, 0.2) is 0 Å². The number of likely N-dealkylation sites (N-methyl/N-ethyl adjacent to an activating group) is 1. The first-order valence-electron chi connectivity index (χ1n) is 6.11. The second-order valence-electron chi connectivity index (χ2n) is 4.24. The van der Waals surface area contributed by atoms with Crippen molar-refractivity contribution in [3.63, 3.8) is 0 Å². The van der Waals surface area contributed by atoms with E-state index in [0.717, 1.165) is 18.5 Å². The van der Waals surface area contributed by atoms with Gasteiger partial charge >= 0.3 is 0 Å². The maximum absolute atomic E-state index is 11.8. The van der Waals surface area contributed by atoms with Gasteiger partial charge in [-0.2, -0.15) is 5.26 Å². The summed E-state index contributed by atoms with van der Waals surface area (Å²) in [7, 11) is 1.79. The van der Waals surface area contributed by atoms with Gasteiger partial charge < -0.3 is 10.2 Å². The lowest BCUT2D eigenvalue weighted by Gasteiger charge is -2.17. The minimum Gasteiger partial charge on any atom is -0.340 e. The molecule has 0 atom stereocenters. The van der Waals surface area contributed by atoms with Crippen LogP contribution >= 0.6 is 0 Å². The number of hydrogen-bond acceptors (Lipinski definition) is 3. The number of nitriles is 1. The molecule has 0 saturated heterocycles. The summed E-state index contributed by atoms with van der Waals surface area (Å²) in [5.41, 5.74) is 1.66. The van der Waals surface area contributed by atoms with Gasteiger partial charge in [-0.3, -0.25) is 4.79 Å². The molecule has 1 aromatic carbocycles. The highest BCUT2D eigenvalue weighted by Crippen LogP contribution is 2.05. The third-order valence-corrected chi connectivity index (χ3v) is 2.63. The molecule has 1 rings (SSSR count). The molecule has 0 aliphatic rings. The van der Waals surface area contributed by atoms with Gasteiger partial charge in [-0.05, 0) is 30.7 Å². The van der Waals surface area contributed by atoms with Crippen LogP contribution < -0.4 is 5.32 Å². The van der Waals surface area contributed by atoms with Gasteiger partial charge in [0.2, 0.25) is 5.91 Å². The van der Waals surface area contributed by atoms with Crippen molar-refractivity contribution in [3.05, 3.63) is 35.4 Å². The molecule has 0 spiro atoms. The van der Waals surface area contributed by atoms with Crippen LogP contribution in [0.1, 0.15) is 24.5 Å². The lowest BCUT2D eigenvalue weighted by molar-refractivity contribution is -0.129. The Morgan fingerprint density at radius 2 is 2.06 bits per heavy atom. The molecule has 1 N–H and O–H groups in total. The zero-order chi connectivity index (χ0) is 13.4. The number of nitrogens with zero attached hydrogens (tertiary/aromatic N) is 2. The molecular formula is C14H19N3O. The Balaban J connectivity index is 2.45. The highest BCUT2D eigenvalue weighted by atomic mass is 16.2. The average molecular weight is 245 g/mol. The Labute approximate surface area is 108 Å². The van der Waals surface area contributed by atoms with Crippen molar-refractivity contribution >= 4 is 5.91 Å². The quantitative estimate of drug-likeness (QED) is 0.773. The fourth-order valence-electron chi connectivity index (χ4n) is 1.55. The van der Waals surface area contributed by atoms with E-state index in [1.807, 2.05) is 12.1 Å². The number of hydrogen-bond donors (Lipinski definition) is 1. The van der Waals surface area contributed by atoms with E-state index in [0.29, 0.717) is 18.7 Å². The molecule has 0 radical (unpaired) electrons. The van der Waals surface area contributed by atoms with Crippen LogP contribution in [-0.4, -0.2) is 30.9 Å². The summed E-state index contributed by atoms with van der Waals surface area (Å²) in [5.74, 6) is 0.0767. The third kappa shape index (κ3) is 4.56. The Hall–Kier alpha value is -1.86. The summed E-state index contributed by atoms with van der Waals surface area (Å²) in [5, 5.41) is 11.8. The zero-order valence-electron chi connectivity index (χ0n) is 10.9. The van der Waals surface area contributed by atoms with E-state index in [1.165, 1.54) is 0 Å². The Morgan fingerprint density at radius 3 is 2.61 bits per heavy atom. The maximum Gasteiger partial charge on any atom is 0.236 e. The van der Waals surface area contributed by atoms with E-state index in [2.05, 4.69) is 18.3 Å². The van der Waals surface area contributed by atoms with E-state index in [4.69, 9.17) is 5.26 Å². The van der Waals surface area contributed by atoms with Crippen molar-refractivity contribution < 1.29 is 4.79 Å². The highest BCUT2D eigenvalue weighted by molar-refractivity contribution is 5.77. The van der Waals surface area contributed by atoms with Crippen molar-refractivity contribution in [3.8, 4) is 6.07 Å². The SMILES string of the molecule is CCCNCC(=O)N(C)Cc1ccc(C#N)cc1. The third-order valence-electron chi connectivity index (χ3n) is 2.63. The average Bonchev–Trinajstić information content (AvgIpc) is 2.39. The van der Waals surface area contributed by atoms with E-state index < -0.39 is 0 Å². The number of nitrogens with one attached hydrogen (secondary N) is 1. The lowest BCUT2D eigenvalue weighted by Crippen LogP contribution is -2.35. The minimum absolute atomic E-state index is 0.0767. The van der Waals surface area contributed by atoms with Gasteiger partial charge in [-0.15, -0.1) is 0 Å². The molecule has 4 nitrogen and oxygen atoms in total. The van der Waals surface area contributed by atoms with Crippen LogP contribution in [0.2, 0.25) is 0 Å². The second kappa shape index (κ2) is 7.46. The largest absolute Gasteiger partial charge is 0.340 e. The molecule has 0 aliphatic carbocycles. The van der Waals surface area contributed by atoms with Crippen molar-refractivity contribution in [2.75, 3.05) is 20.1 Å². The predicted molar refractivity (Wildman–Crippen MR) is 70.8 cm³/mol. The molecule has 96 valence electrons. The first-order chi connectivity index (χ1) is 8.67. The lowest BCUT2D eigenvalue weighted by atomic mass is 10.1. The summed E-state index contributed by atoms with van der Waals surface area (Å²) < 4.78 is 0. The van der Waals surface area contributed by atoms with Crippen LogP contribution in [0.3, 0.4) is 0 Å². The Bertz CT molecular complexity index is 420. The number of benzene rings is 1. The molecule has 4 heteroatoms. The highest BCUT2D eigenvalue weighted by Gasteiger charge is 2.08. The van der Waals surface area contributed by atoms with Crippen molar-refractivity contribution in [1.29, 1.82) is 5.26 Å². The van der Waals surface area contributed by atoms with Crippen molar-refractivity contribution in [2.45, 2.75) is 19.9 Å².